The Kier molecular flexibility index (Phi) is 7.36. The van der Waals surface area contributed by atoms with E-state index < -0.39 is 0 Å². The summed E-state index contributed by atoms with van der Waals surface area (Å²) in [6.07, 6.45) is 0.688. The van der Waals surface area contributed by atoms with Crippen LogP contribution in [-0.2, 0) is 6.42 Å². The van der Waals surface area contributed by atoms with Gasteiger partial charge in [-0.1, -0.05) is 6.07 Å². The zero-order chi connectivity index (χ0) is 20.0. The highest BCUT2D eigenvalue weighted by Crippen LogP contribution is 2.36. The van der Waals surface area contributed by atoms with Crippen LogP contribution in [0.3, 0.4) is 0 Å². The van der Waals surface area contributed by atoms with E-state index in [1.54, 1.807) is 52.5 Å². The van der Waals surface area contributed by atoms with Crippen LogP contribution in [0.1, 0.15) is 15.9 Å². The van der Waals surface area contributed by atoms with E-state index in [2.05, 4.69) is 15.9 Å². The molecular weight excluding hydrogens is 414 g/mol. The molecular formula is C20H24BrNO5. The number of carbonyl (C=O) groups excluding carboxylic acids is 1. The van der Waals surface area contributed by atoms with Gasteiger partial charge in [-0.15, -0.1) is 0 Å². The molecule has 0 unspecified atom stereocenters. The molecule has 0 fully saturated rings. The summed E-state index contributed by atoms with van der Waals surface area (Å²) in [5.74, 6) is 2.34. The number of likely N-dealkylation sites (N-methyl/N-ethyl adjacent to an activating group) is 1. The number of halogens is 1. The third-order valence-corrected chi connectivity index (χ3v) is 5.00. The lowest BCUT2D eigenvalue weighted by Gasteiger charge is -2.19. The zero-order valence-corrected chi connectivity index (χ0v) is 17.8. The lowest BCUT2D eigenvalue weighted by atomic mass is 10.1. The molecule has 0 aromatic heterocycles. The fraction of sp³-hybridized carbons (Fsp3) is 0.350. The van der Waals surface area contributed by atoms with Gasteiger partial charge in [0.2, 0.25) is 0 Å². The van der Waals surface area contributed by atoms with E-state index >= 15 is 0 Å². The number of nitrogens with zero attached hydrogens (tertiary/aromatic N) is 1. The number of benzene rings is 2. The van der Waals surface area contributed by atoms with Crippen molar-refractivity contribution in [2.24, 2.45) is 0 Å². The predicted molar refractivity (Wildman–Crippen MR) is 107 cm³/mol. The summed E-state index contributed by atoms with van der Waals surface area (Å²) in [6, 6.07) is 9.14. The summed E-state index contributed by atoms with van der Waals surface area (Å²) in [5, 5.41) is 0. The minimum absolute atomic E-state index is 0.112. The molecule has 0 saturated heterocycles. The van der Waals surface area contributed by atoms with E-state index in [1.807, 2.05) is 18.2 Å². The second kappa shape index (κ2) is 9.50. The van der Waals surface area contributed by atoms with E-state index in [4.69, 9.17) is 18.9 Å². The van der Waals surface area contributed by atoms with Gasteiger partial charge >= 0.3 is 0 Å². The van der Waals surface area contributed by atoms with Crippen molar-refractivity contribution in [2.75, 3.05) is 42.0 Å². The van der Waals surface area contributed by atoms with E-state index in [9.17, 15) is 4.79 Å². The monoisotopic (exact) mass is 437 g/mol. The summed E-state index contributed by atoms with van der Waals surface area (Å²) < 4.78 is 21.9. The molecule has 0 heterocycles. The first kappa shape index (κ1) is 20.9. The lowest BCUT2D eigenvalue weighted by molar-refractivity contribution is 0.0796. The van der Waals surface area contributed by atoms with Gasteiger partial charge in [0.1, 0.15) is 16.0 Å². The normalized spacial score (nSPS) is 10.3. The average Bonchev–Trinajstić information content (AvgIpc) is 2.71. The number of rotatable bonds is 8. The molecule has 0 radical (unpaired) electrons. The minimum atomic E-state index is -0.112. The molecule has 0 aliphatic heterocycles. The van der Waals surface area contributed by atoms with E-state index in [0.29, 0.717) is 46.0 Å². The maximum absolute atomic E-state index is 12.8. The second-order valence-corrected chi connectivity index (χ2v) is 6.65. The smallest absolute Gasteiger partial charge is 0.253 e. The largest absolute Gasteiger partial charge is 0.495 e. The molecule has 0 aliphatic rings. The Morgan fingerprint density at radius 2 is 1.44 bits per heavy atom. The fourth-order valence-electron chi connectivity index (χ4n) is 2.65. The van der Waals surface area contributed by atoms with Crippen LogP contribution in [0, 0.1) is 0 Å². The van der Waals surface area contributed by atoms with Crippen molar-refractivity contribution in [2.45, 2.75) is 6.42 Å². The first-order valence-electron chi connectivity index (χ1n) is 8.33. The van der Waals surface area contributed by atoms with Gasteiger partial charge < -0.3 is 23.8 Å². The van der Waals surface area contributed by atoms with Gasteiger partial charge in [0.05, 0.1) is 28.4 Å². The molecule has 2 aromatic carbocycles. The first-order valence-corrected chi connectivity index (χ1v) is 9.12. The van der Waals surface area contributed by atoms with Crippen LogP contribution in [-0.4, -0.2) is 52.8 Å². The average molecular weight is 438 g/mol. The Bertz CT molecular complexity index is 784. The number of ether oxygens (including phenoxy) is 4. The maximum Gasteiger partial charge on any atom is 0.253 e. The molecule has 2 rings (SSSR count). The van der Waals surface area contributed by atoms with E-state index in [1.165, 1.54) is 0 Å². The molecule has 0 aliphatic carbocycles. The molecule has 0 saturated carbocycles. The van der Waals surface area contributed by atoms with Gasteiger partial charge in [0.15, 0.2) is 11.5 Å². The van der Waals surface area contributed by atoms with Gasteiger partial charge in [0.25, 0.3) is 5.91 Å². The van der Waals surface area contributed by atoms with Crippen LogP contribution < -0.4 is 18.9 Å². The van der Waals surface area contributed by atoms with Crippen LogP contribution in [0.4, 0.5) is 0 Å². The summed E-state index contributed by atoms with van der Waals surface area (Å²) >= 11 is 3.41. The van der Waals surface area contributed by atoms with Crippen LogP contribution in [0.5, 0.6) is 23.0 Å². The van der Waals surface area contributed by atoms with Crippen molar-refractivity contribution in [1.29, 1.82) is 0 Å². The molecule has 0 N–H and O–H groups in total. The standard InChI is InChI=1S/C20H24BrNO5/c1-22(9-8-13-6-7-15(24-2)16(10-13)25-3)20(23)14-11-17(26-4)19(21)18(12-14)27-5/h6-7,10-12H,8-9H2,1-5H3. The number of hydrogen-bond acceptors (Lipinski definition) is 5. The molecule has 146 valence electrons. The van der Waals surface area contributed by atoms with Crippen molar-refractivity contribution in [3.63, 3.8) is 0 Å². The van der Waals surface area contributed by atoms with Crippen molar-refractivity contribution in [3.8, 4) is 23.0 Å². The summed E-state index contributed by atoms with van der Waals surface area (Å²) in [4.78, 5) is 14.5. The number of hydrogen-bond donors (Lipinski definition) is 0. The Hall–Kier alpha value is -2.41. The minimum Gasteiger partial charge on any atom is -0.495 e. The van der Waals surface area contributed by atoms with E-state index in [0.717, 1.165) is 5.56 Å². The Balaban J connectivity index is 2.12. The maximum atomic E-state index is 12.8. The fourth-order valence-corrected chi connectivity index (χ4v) is 3.20. The summed E-state index contributed by atoms with van der Waals surface area (Å²) in [7, 11) is 8.07. The number of methoxy groups -OCH3 is 4. The Morgan fingerprint density at radius 1 is 0.889 bits per heavy atom. The van der Waals surface area contributed by atoms with Crippen molar-refractivity contribution >= 4 is 21.8 Å². The highest BCUT2D eigenvalue weighted by atomic mass is 79.9. The highest BCUT2D eigenvalue weighted by molar-refractivity contribution is 9.10. The molecule has 27 heavy (non-hydrogen) atoms. The third kappa shape index (κ3) is 4.86. The lowest BCUT2D eigenvalue weighted by Crippen LogP contribution is -2.29. The van der Waals surface area contributed by atoms with Crippen LogP contribution in [0.15, 0.2) is 34.8 Å². The van der Waals surface area contributed by atoms with Gasteiger partial charge in [-0.25, -0.2) is 0 Å². The Labute approximate surface area is 168 Å². The van der Waals surface area contributed by atoms with Crippen molar-refractivity contribution in [1.82, 2.24) is 4.90 Å². The molecule has 6 nitrogen and oxygen atoms in total. The van der Waals surface area contributed by atoms with Crippen molar-refractivity contribution in [3.05, 3.63) is 45.9 Å². The molecule has 0 bridgehead atoms. The van der Waals surface area contributed by atoms with Crippen LogP contribution in [0.25, 0.3) is 0 Å². The summed E-state index contributed by atoms with van der Waals surface area (Å²) in [5.41, 5.74) is 1.56. The SMILES string of the molecule is COc1ccc(CCN(C)C(=O)c2cc(OC)c(Br)c(OC)c2)cc1OC. The van der Waals surface area contributed by atoms with Gasteiger partial charge in [-0.2, -0.15) is 0 Å². The third-order valence-electron chi connectivity index (χ3n) is 4.22. The molecule has 0 spiro atoms. The number of amides is 1. The zero-order valence-electron chi connectivity index (χ0n) is 16.2. The quantitative estimate of drug-likeness (QED) is 0.628. The van der Waals surface area contributed by atoms with Gasteiger partial charge in [-0.05, 0) is 52.2 Å². The van der Waals surface area contributed by atoms with Gasteiger partial charge in [-0.3, -0.25) is 4.79 Å². The van der Waals surface area contributed by atoms with E-state index in [-0.39, 0.29) is 5.91 Å². The Morgan fingerprint density at radius 3 is 1.96 bits per heavy atom. The molecule has 1 amide bonds. The van der Waals surface area contributed by atoms with Gasteiger partial charge in [0, 0.05) is 19.2 Å². The van der Waals surface area contributed by atoms with Crippen LogP contribution >= 0.6 is 15.9 Å². The molecule has 2 aromatic rings. The molecule has 0 atom stereocenters. The number of carbonyl (C=O) groups is 1. The predicted octanol–water partition coefficient (Wildman–Crippen LogP) is 3.80. The summed E-state index contributed by atoms with van der Waals surface area (Å²) in [6.45, 7) is 0.551. The molecule has 7 heteroatoms. The second-order valence-electron chi connectivity index (χ2n) is 5.86. The highest BCUT2D eigenvalue weighted by Gasteiger charge is 2.17. The van der Waals surface area contributed by atoms with Crippen molar-refractivity contribution < 1.29 is 23.7 Å². The van der Waals surface area contributed by atoms with Crippen LogP contribution in [0.2, 0.25) is 0 Å². The first-order chi connectivity index (χ1) is 12.9. The topological polar surface area (TPSA) is 57.2 Å².